The number of carbonyl (C=O) groups is 2. The smallest absolute Gasteiger partial charge is 0.270 e. The van der Waals surface area contributed by atoms with Gasteiger partial charge in [-0.25, -0.2) is 15.0 Å². The lowest BCUT2D eigenvalue weighted by Crippen LogP contribution is -2.47. The second-order valence-electron chi connectivity index (χ2n) is 15.9. The van der Waals surface area contributed by atoms with Crippen LogP contribution in [-0.2, 0) is 22.4 Å². The lowest BCUT2D eigenvalue weighted by molar-refractivity contribution is -0.384. The number of non-ortho nitro benzene ring substituents is 1. The number of hydrogen-bond acceptors (Lipinski definition) is 13. The highest BCUT2D eigenvalue weighted by atomic mass is 16.6. The molecule has 2 amide bonds. The van der Waals surface area contributed by atoms with E-state index in [9.17, 15) is 19.7 Å². The van der Waals surface area contributed by atoms with Crippen LogP contribution in [0.5, 0.6) is 11.5 Å². The van der Waals surface area contributed by atoms with Crippen LogP contribution in [0.15, 0.2) is 91.1 Å². The second-order valence-corrected chi connectivity index (χ2v) is 15.9. The van der Waals surface area contributed by atoms with E-state index >= 15 is 0 Å². The molecule has 16 heteroatoms. The summed E-state index contributed by atoms with van der Waals surface area (Å²) in [5.41, 5.74) is 7.78. The summed E-state index contributed by atoms with van der Waals surface area (Å²) in [5, 5.41) is 18.6. The first-order valence-electron chi connectivity index (χ1n) is 21.0. The number of aryl methyl sites for hydroxylation is 1. The van der Waals surface area contributed by atoms with Crippen molar-refractivity contribution in [2.24, 2.45) is 0 Å². The van der Waals surface area contributed by atoms with E-state index in [1.807, 2.05) is 49.5 Å². The molecule has 0 aliphatic carbocycles. The van der Waals surface area contributed by atoms with Gasteiger partial charge in [0, 0.05) is 106 Å². The van der Waals surface area contributed by atoms with Crippen molar-refractivity contribution in [3.8, 4) is 11.5 Å². The van der Waals surface area contributed by atoms with E-state index in [0.717, 1.165) is 135 Å². The van der Waals surface area contributed by atoms with Crippen molar-refractivity contribution < 1.29 is 24.0 Å². The van der Waals surface area contributed by atoms with Gasteiger partial charge < -0.3 is 29.9 Å². The van der Waals surface area contributed by atoms with Gasteiger partial charge in [0.05, 0.1) is 21.8 Å². The number of aromatic nitrogens is 3. The fourth-order valence-electron chi connectivity index (χ4n) is 8.34. The Labute approximate surface area is 358 Å². The second kappa shape index (κ2) is 18.0. The Kier molecular flexibility index (Phi) is 11.7. The predicted molar refractivity (Wildman–Crippen MR) is 239 cm³/mol. The minimum Gasteiger partial charge on any atom is -0.482 e. The first kappa shape index (κ1) is 40.5. The first-order chi connectivity index (χ1) is 30.2. The number of amides is 2. The molecule has 0 bridgehead atoms. The molecule has 318 valence electrons. The average molecular weight is 837 g/mol. The van der Waals surface area contributed by atoms with Crippen molar-refractivity contribution in [2.75, 3.05) is 99.1 Å². The van der Waals surface area contributed by atoms with Gasteiger partial charge in [-0.15, -0.1) is 0 Å². The predicted octanol–water partition coefficient (Wildman–Crippen LogP) is 5.47. The van der Waals surface area contributed by atoms with Crippen LogP contribution in [0.25, 0.3) is 21.9 Å². The zero-order chi connectivity index (χ0) is 42.6. The Bertz CT molecular complexity index is 2640. The van der Waals surface area contributed by atoms with Crippen LogP contribution in [0.2, 0.25) is 0 Å². The number of nitrogens with zero attached hydrogens (tertiary/aromatic N) is 8. The number of anilines is 4. The third-order valence-electron chi connectivity index (χ3n) is 11.8. The summed E-state index contributed by atoms with van der Waals surface area (Å²) < 4.78 is 10.9. The fraction of sp³-hybridized carbons (Fsp3) is 0.326. The Balaban J connectivity index is 0.000000158. The monoisotopic (exact) mass is 836 g/mol. The third kappa shape index (κ3) is 9.36. The number of hydrogen-bond donors (Lipinski definition) is 2. The number of pyridine rings is 3. The average Bonchev–Trinajstić information content (AvgIpc) is 3.29. The van der Waals surface area contributed by atoms with Crippen LogP contribution in [0.1, 0.15) is 16.8 Å². The van der Waals surface area contributed by atoms with Gasteiger partial charge in [-0.2, -0.15) is 0 Å². The van der Waals surface area contributed by atoms with Gasteiger partial charge in [0.1, 0.15) is 17.3 Å². The van der Waals surface area contributed by atoms with E-state index < -0.39 is 0 Å². The first-order valence-corrected chi connectivity index (χ1v) is 21.0. The number of nitro benzene ring substituents is 1. The van der Waals surface area contributed by atoms with Gasteiger partial charge in [-0.05, 0) is 91.6 Å². The topological polar surface area (TPSA) is 171 Å². The molecule has 2 N–H and O–H groups in total. The zero-order valence-electron chi connectivity index (χ0n) is 34.6. The Hall–Kier alpha value is -6.91. The van der Waals surface area contributed by atoms with Gasteiger partial charge in [0.2, 0.25) is 0 Å². The highest BCUT2D eigenvalue weighted by molar-refractivity contribution is 5.96. The minimum atomic E-state index is -0.388. The molecule has 0 atom stereocenters. The normalized spacial score (nSPS) is 16.6. The Morgan fingerprint density at radius 1 is 0.677 bits per heavy atom. The molecule has 2 saturated heterocycles. The molecule has 0 saturated carbocycles. The summed E-state index contributed by atoms with van der Waals surface area (Å²) in [5.74, 6) is 2.16. The number of benzene rings is 3. The van der Waals surface area contributed by atoms with E-state index in [0.29, 0.717) is 0 Å². The van der Waals surface area contributed by atoms with E-state index in [1.165, 1.54) is 22.9 Å². The van der Waals surface area contributed by atoms with E-state index in [4.69, 9.17) is 14.5 Å². The minimum absolute atomic E-state index is 0.0720. The maximum atomic E-state index is 11.5. The van der Waals surface area contributed by atoms with Crippen LogP contribution >= 0.6 is 0 Å². The van der Waals surface area contributed by atoms with Crippen molar-refractivity contribution in [2.45, 2.75) is 19.8 Å². The van der Waals surface area contributed by atoms with E-state index in [2.05, 4.69) is 70.5 Å². The summed E-state index contributed by atoms with van der Waals surface area (Å²) in [6.45, 7) is 11.7. The number of nitrogens with one attached hydrogen (secondary N) is 2. The van der Waals surface area contributed by atoms with Crippen molar-refractivity contribution in [3.63, 3.8) is 0 Å². The molecule has 16 nitrogen and oxygen atoms in total. The summed E-state index contributed by atoms with van der Waals surface area (Å²) in [7, 11) is 0. The fourth-order valence-corrected chi connectivity index (χ4v) is 8.34. The van der Waals surface area contributed by atoms with Crippen molar-refractivity contribution in [1.29, 1.82) is 0 Å². The molecular formula is C46H48N10O6. The SMILES string of the molecule is Cc1ccc2c(N3CCN(CCc4ccc5c(c4)NC(=O)CO5)CC3)ccnc2n1.O=C1COc2ccc(CCN3CCN(c4ccc5cc([N+](=O)[O-])ccc5n4)CC3)cc2N1. The molecule has 10 rings (SSSR count). The summed E-state index contributed by atoms with van der Waals surface area (Å²) in [6, 6.07) is 26.9. The highest BCUT2D eigenvalue weighted by Gasteiger charge is 2.22. The van der Waals surface area contributed by atoms with Gasteiger partial charge in [0.15, 0.2) is 18.9 Å². The largest absolute Gasteiger partial charge is 0.482 e. The highest BCUT2D eigenvalue weighted by Crippen LogP contribution is 2.31. The number of carbonyl (C=O) groups excluding carboxylic acids is 2. The van der Waals surface area contributed by atoms with Crippen LogP contribution < -0.4 is 29.9 Å². The number of nitro groups is 1. The van der Waals surface area contributed by atoms with Crippen molar-refractivity contribution in [1.82, 2.24) is 24.8 Å². The Morgan fingerprint density at radius 3 is 1.90 bits per heavy atom. The molecule has 3 aromatic heterocycles. The zero-order valence-corrected chi connectivity index (χ0v) is 34.6. The van der Waals surface area contributed by atoms with Gasteiger partial charge in [-0.1, -0.05) is 12.1 Å². The molecule has 0 spiro atoms. The third-order valence-corrected chi connectivity index (χ3v) is 11.8. The molecule has 7 heterocycles. The molecule has 4 aliphatic rings. The Morgan fingerprint density at radius 2 is 1.29 bits per heavy atom. The van der Waals surface area contributed by atoms with Crippen molar-refractivity contribution >= 4 is 62.3 Å². The standard InChI is InChI=1S/C23H23N5O4.C23H25N5O2/c29-23-15-32-21-5-1-16(13-20(21)25-23)7-8-26-9-11-27(12-10-26)22-6-2-17-14-18(28(30)31)3-4-19(17)24-22;1-16-2-4-18-20(6-8-24-23(18)25-16)28-12-10-27(11-13-28)9-7-17-3-5-21-19(14-17)26-22(29)15-30-21/h1-6,13-14H,7-12,15H2,(H,25,29);2-6,8,14H,7,9-13,15H2,1H3,(H,26,29). The lowest BCUT2D eigenvalue weighted by Gasteiger charge is -2.36. The molecule has 4 aliphatic heterocycles. The molecule has 62 heavy (non-hydrogen) atoms. The lowest BCUT2D eigenvalue weighted by atomic mass is 10.1. The van der Waals surface area contributed by atoms with Gasteiger partial charge >= 0.3 is 0 Å². The van der Waals surface area contributed by atoms with Crippen LogP contribution in [0, 0.1) is 17.0 Å². The molecule has 2 fully saturated rings. The number of fused-ring (bicyclic) bond motifs is 4. The summed E-state index contributed by atoms with van der Waals surface area (Å²) >= 11 is 0. The number of piperazine rings is 2. The summed E-state index contributed by atoms with van der Waals surface area (Å²) in [4.78, 5) is 56.9. The maximum absolute atomic E-state index is 11.5. The quantitative estimate of drug-likeness (QED) is 0.139. The summed E-state index contributed by atoms with van der Waals surface area (Å²) in [6.07, 6.45) is 3.70. The molecule has 0 unspecified atom stereocenters. The molecular weight excluding hydrogens is 789 g/mol. The van der Waals surface area contributed by atoms with Crippen molar-refractivity contribution in [3.05, 3.63) is 118 Å². The van der Waals surface area contributed by atoms with E-state index in [1.54, 1.807) is 12.1 Å². The van der Waals surface area contributed by atoms with E-state index in [-0.39, 0.29) is 35.6 Å². The van der Waals surface area contributed by atoms with Gasteiger partial charge in [-0.3, -0.25) is 29.5 Å². The number of ether oxygens (including phenoxy) is 2. The molecule has 6 aromatic rings. The van der Waals surface area contributed by atoms with Gasteiger partial charge in [0.25, 0.3) is 17.5 Å². The number of rotatable bonds is 9. The molecule has 0 radical (unpaired) electrons. The molecule has 3 aromatic carbocycles. The maximum Gasteiger partial charge on any atom is 0.270 e. The van der Waals surface area contributed by atoms with Crippen LogP contribution in [-0.4, -0.2) is 120 Å². The van der Waals surface area contributed by atoms with Crippen LogP contribution in [0.4, 0.5) is 28.6 Å². The van der Waals surface area contributed by atoms with Crippen LogP contribution in [0.3, 0.4) is 0 Å².